The SMILES string of the molecule is CC(C(=O)O)N1C(=O)c2nccnc2C1=O. The van der Waals surface area contributed by atoms with E-state index in [1.165, 1.54) is 19.3 Å². The molecule has 0 fully saturated rings. The van der Waals surface area contributed by atoms with E-state index in [9.17, 15) is 14.4 Å². The molecule has 1 N–H and O–H groups in total. The van der Waals surface area contributed by atoms with E-state index in [0.29, 0.717) is 4.90 Å². The van der Waals surface area contributed by atoms with Gasteiger partial charge in [0, 0.05) is 12.4 Å². The van der Waals surface area contributed by atoms with Gasteiger partial charge in [0.05, 0.1) is 0 Å². The zero-order valence-corrected chi connectivity index (χ0v) is 8.25. The van der Waals surface area contributed by atoms with E-state index in [4.69, 9.17) is 5.11 Å². The first-order valence-corrected chi connectivity index (χ1v) is 4.45. The fourth-order valence-corrected chi connectivity index (χ4v) is 1.43. The molecular weight excluding hydrogens is 214 g/mol. The van der Waals surface area contributed by atoms with Crippen LogP contribution in [0.3, 0.4) is 0 Å². The molecule has 0 radical (unpaired) electrons. The molecule has 0 saturated heterocycles. The third-order valence-corrected chi connectivity index (χ3v) is 2.29. The molecule has 2 amide bonds. The maximum atomic E-state index is 11.7. The number of carbonyl (C=O) groups is 3. The minimum Gasteiger partial charge on any atom is -0.480 e. The van der Waals surface area contributed by atoms with Crippen molar-refractivity contribution in [3.05, 3.63) is 23.8 Å². The van der Waals surface area contributed by atoms with E-state index in [2.05, 4.69) is 9.97 Å². The lowest BCUT2D eigenvalue weighted by Gasteiger charge is -2.17. The fraction of sp³-hybridized carbons (Fsp3) is 0.222. The standard InChI is InChI=1S/C9H7N3O4/c1-4(9(15)16)12-7(13)5-6(8(12)14)11-3-2-10-5/h2-4H,1H3,(H,15,16). The van der Waals surface area contributed by atoms with Gasteiger partial charge in [-0.1, -0.05) is 0 Å². The summed E-state index contributed by atoms with van der Waals surface area (Å²) in [5.41, 5.74) is -0.193. The Balaban J connectivity index is 2.46. The Bertz CT molecular complexity index is 464. The number of carboxylic acid groups (broad SMARTS) is 1. The molecule has 0 spiro atoms. The molecule has 0 bridgehead atoms. The van der Waals surface area contributed by atoms with Crippen LogP contribution in [0.2, 0.25) is 0 Å². The predicted molar refractivity (Wildman–Crippen MR) is 49.6 cm³/mol. The van der Waals surface area contributed by atoms with E-state index >= 15 is 0 Å². The summed E-state index contributed by atoms with van der Waals surface area (Å²) in [4.78, 5) is 42.2. The summed E-state index contributed by atoms with van der Waals surface area (Å²) in [6.45, 7) is 1.25. The molecule has 1 aromatic heterocycles. The van der Waals surface area contributed by atoms with Gasteiger partial charge < -0.3 is 5.11 Å². The number of aliphatic carboxylic acids is 1. The van der Waals surface area contributed by atoms with E-state index in [0.717, 1.165) is 0 Å². The first kappa shape index (κ1) is 10.2. The van der Waals surface area contributed by atoms with Gasteiger partial charge in [-0.15, -0.1) is 0 Å². The summed E-state index contributed by atoms with van der Waals surface area (Å²) in [6.07, 6.45) is 2.55. The summed E-state index contributed by atoms with van der Waals surface area (Å²) in [7, 11) is 0. The topological polar surface area (TPSA) is 100 Å². The molecule has 1 unspecified atom stereocenters. The Morgan fingerprint density at radius 3 is 2.06 bits per heavy atom. The number of carbonyl (C=O) groups excluding carboxylic acids is 2. The average Bonchev–Trinajstić information content (AvgIpc) is 2.52. The molecule has 2 heterocycles. The minimum absolute atomic E-state index is 0.0967. The molecule has 1 atom stereocenters. The lowest BCUT2D eigenvalue weighted by Crippen LogP contribution is -2.42. The second kappa shape index (κ2) is 3.37. The molecule has 1 aliphatic rings. The van der Waals surface area contributed by atoms with Crippen molar-refractivity contribution in [2.75, 3.05) is 0 Å². The van der Waals surface area contributed by atoms with Crippen molar-refractivity contribution in [2.45, 2.75) is 13.0 Å². The summed E-state index contributed by atoms with van der Waals surface area (Å²) in [6, 6.07) is -1.23. The molecular formula is C9H7N3O4. The molecule has 16 heavy (non-hydrogen) atoms. The Kier molecular flexibility index (Phi) is 2.15. The number of aromatic nitrogens is 2. The Labute approximate surface area is 89.7 Å². The van der Waals surface area contributed by atoms with Gasteiger partial charge in [-0.2, -0.15) is 0 Å². The summed E-state index contributed by atoms with van der Waals surface area (Å²) >= 11 is 0. The highest BCUT2D eigenvalue weighted by Gasteiger charge is 2.42. The second-order valence-corrected chi connectivity index (χ2v) is 3.25. The van der Waals surface area contributed by atoms with Crippen molar-refractivity contribution in [2.24, 2.45) is 0 Å². The maximum absolute atomic E-state index is 11.7. The smallest absolute Gasteiger partial charge is 0.326 e. The number of imide groups is 1. The van der Waals surface area contributed by atoms with Gasteiger partial charge in [-0.25, -0.2) is 14.8 Å². The van der Waals surface area contributed by atoms with Gasteiger partial charge in [0.15, 0.2) is 11.4 Å². The third-order valence-electron chi connectivity index (χ3n) is 2.29. The normalized spacial score (nSPS) is 16.2. The van der Waals surface area contributed by atoms with Crippen molar-refractivity contribution in [3.63, 3.8) is 0 Å². The molecule has 82 valence electrons. The number of carboxylic acids is 1. The molecule has 0 aromatic carbocycles. The second-order valence-electron chi connectivity index (χ2n) is 3.25. The van der Waals surface area contributed by atoms with Crippen LogP contribution >= 0.6 is 0 Å². The molecule has 7 heteroatoms. The Morgan fingerprint density at radius 1 is 1.25 bits per heavy atom. The van der Waals surface area contributed by atoms with Crippen molar-refractivity contribution >= 4 is 17.8 Å². The largest absolute Gasteiger partial charge is 0.480 e. The van der Waals surface area contributed by atoms with Crippen LogP contribution in [0.1, 0.15) is 27.9 Å². The number of rotatable bonds is 2. The first-order chi connectivity index (χ1) is 7.54. The van der Waals surface area contributed by atoms with Gasteiger partial charge in [0.2, 0.25) is 0 Å². The molecule has 2 rings (SSSR count). The van der Waals surface area contributed by atoms with Crippen LogP contribution in [-0.4, -0.2) is 43.8 Å². The fourth-order valence-electron chi connectivity index (χ4n) is 1.43. The highest BCUT2D eigenvalue weighted by atomic mass is 16.4. The third kappa shape index (κ3) is 1.25. The van der Waals surface area contributed by atoms with Gasteiger partial charge in [0.1, 0.15) is 6.04 Å². The van der Waals surface area contributed by atoms with Gasteiger partial charge in [-0.05, 0) is 6.92 Å². The number of nitrogens with zero attached hydrogens (tertiary/aromatic N) is 3. The van der Waals surface area contributed by atoms with Crippen LogP contribution in [0.25, 0.3) is 0 Å². The highest BCUT2D eigenvalue weighted by Crippen LogP contribution is 2.20. The van der Waals surface area contributed by atoms with Gasteiger partial charge >= 0.3 is 5.97 Å². The highest BCUT2D eigenvalue weighted by molar-refractivity contribution is 6.20. The maximum Gasteiger partial charge on any atom is 0.326 e. The molecule has 0 aliphatic carbocycles. The number of hydrogen-bond donors (Lipinski definition) is 1. The first-order valence-electron chi connectivity index (χ1n) is 4.45. The quantitative estimate of drug-likeness (QED) is 0.678. The van der Waals surface area contributed by atoms with Crippen molar-refractivity contribution < 1.29 is 19.5 Å². The van der Waals surface area contributed by atoms with Crippen LogP contribution in [0, 0.1) is 0 Å². The molecule has 1 aliphatic heterocycles. The van der Waals surface area contributed by atoms with Crippen LogP contribution in [0.15, 0.2) is 12.4 Å². The van der Waals surface area contributed by atoms with Gasteiger partial charge in [0.25, 0.3) is 11.8 Å². The van der Waals surface area contributed by atoms with Gasteiger partial charge in [-0.3, -0.25) is 14.5 Å². The number of amides is 2. The zero-order valence-electron chi connectivity index (χ0n) is 8.25. The van der Waals surface area contributed by atoms with Crippen molar-refractivity contribution in [1.82, 2.24) is 14.9 Å². The average molecular weight is 221 g/mol. The summed E-state index contributed by atoms with van der Waals surface area (Å²) in [5.74, 6) is -2.69. The summed E-state index contributed by atoms with van der Waals surface area (Å²) in [5, 5.41) is 8.77. The monoisotopic (exact) mass is 221 g/mol. The predicted octanol–water partition coefficient (Wildman–Crippen LogP) is -0.454. The van der Waals surface area contributed by atoms with Crippen LogP contribution in [0.4, 0.5) is 0 Å². The van der Waals surface area contributed by atoms with E-state index < -0.39 is 23.8 Å². The van der Waals surface area contributed by atoms with Crippen LogP contribution in [-0.2, 0) is 4.79 Å². The lowest BCUT2D eigenvalue weighted by atomic mass is 10.3. The molecule has 1 aromatic rings. The Hall–Kier alpha value is -2.31. The number of hydrogen-bond acceptors (Lipinski definition) is 5. The Morgan fingerprint density at radius 2 is 1.69 bits per heavy atom. The van der Waals surface area contributed by atoms with E-state index in [1.807, 2.05) is 0 Å². The zero-order chi connectivity index (χ0) is 11.9. The lowest BCUT2D eigenvalue weighted by molar-refractivity contribution is -0.140. The van der Waals surface area contributed by atoms with Crippen LogP contribution < -0.4 is 0 Å². The minimum atomic E-state index is -1.26. The molecule has 0 saturated carbocycles. The van der Waals surface area contributed by atoms with E-state index in [1.54, 1.807) is 0 Å². The summed E-state index contributed by atoms with van der Waals surface area (Å²) < 4.78 is 0. The molecule has 7 nitrogen and oxygen atoms in total. The van der Waals surface area contributed by atoms with Crippen molar-refractivity contribution in [3.8, 4) is 0 Å². The van der Waals surface area contributed by atoms with Crippen LogP contribution in [0.5, 0.6) is 0 Å². The van der Waals surface area contributed by atoms with Crippen molar-refractivity contribution in [1.29, 1.82) is 0 Å². The number of fused-ring (bicyclic) bond motifs is 1. The van der Waals surface area contributed by atoms with E-state index in [-0.39, 0.29) is 11.4 Å².